The molecular formula is C32H38F2N6O3S. The molecule has 2 atom stereocenters. The second-order valence-corrected chi connectivity index (χ2v) is 14.6. The van der Waals surface area contributed by atoms with Crippen molar-refractivity contribution in [1.82, 2.24) is 20.3 Å². The zero-order chi connectivity index (χ0) is 31.7. The number of benzene rings is 2. The lowest BCUT2D eigenvalue weighted by atomic mass is 9.94. The van der Waals surface area contributed by atoms with Crippen LogP contribution in [0, 0.1) is 18.2 Å². The Kier molecular flexibility index (Phi) is 8.77. The van der Waals surface area contributed by atoms with Crippen LogP contribution in [0.25, 0.3) is 22.0 Å². The number of aromatic nitrogens is 3. The predicted octanol–water partition coefficient (Wildman–Crippen LogP) is 6.61. The summed E-state index contributed by atoms with van der Waals surface area (Å²) in [5, 5.41) is 7.17. The Hall–Kier alpha value is -3.90. The molecule has 3 heterocycles. The van der Waals surface area contributed by atoms with Crippen LogP contribution in [0.3, 0.4) is 0 Å². The van der Waals surface area contributed by atoms with Crippen molar-refractivity contribution >= 4 is 32.4 Å². The summed E-state index contributed by atoms with van der Waals surface area (Å²) in [4.78, 5) is 13.4. The van der Waals surface area contributed by atoms with Gasteiger partial charge in [0.2, 0.25) is 21.9 Å². The number of ether oxygens (including phenoxy) is 1. The number of hydrogen-bond acceptors (Lipinski definition) is 8. The molecule has 1 aliphatic rings. The van der Waals surface area contributed by atoms with Crippen molar-refractivity contribution in [2.24, 2.45) is 5.41 Å². The van der Waals surface area contributed by atoms with Gasteiger partial charge in [0.05, 0.1) is 22.7 Å². The van der Waals surface area contributed by atoms with Crippen LogP contribution in [0.2, 0.25) is 0 Å². The van der Waals surface area contributed by atoms with Crippen LogP contribution in [0.4, 0.5) is 20.4 Å². The summed E-state index contributed by atoms with van der Waals surface area (Å²) >= 11 is 0. The summed E-state index contributed by atoms with van der Waals surface area (Å²) in [6.07, 6.45) is 3.88. The molecule has 234 valence electrons. The lowest BCUT2D eigenvalue weighted by Crippen LogP contribution is -2.50. The average Bonchev–Trinajstić information content (AvgIpc) is 2.96. The van der Waals surface area contributed by atoms with Gasteiger partial charge in [0.15, 0.2) is 5.82 Å². The van der Waals surface area contributed by atoms with Crippen LogP contribution in [-0.4, -0.2) is 53.9 Å². The van der Waals surface area contributed by atoms with E-state index in [9.17, 15) is 12.8 Å². The molecule has 5 rings (SSSR count). The van der Waals surface area contributed by atoms with E-state index in [1.165, 1.54) is 6.92 Å². The number of hydrogen-bond donors (Lipinski definition) is 3. The van der Waals surface area contributed by atoms with Crippen LogP contribution in [0.5, 0.6) is 11.6 Å². The molecule has 1 fully saturated rings. The number of nitrogens with zero attached hydrogens (tertiary/aromatic N) is 3. The van der Waals surface area contributed by atoms with Crippen molar-refractivity contribution in [2.45, 2.75) is 59.2 Å². The van der Waals surface area contributed by atoms with E-state index < -0.39 is 21.5 Å². The van der Waals surface area contributed by atoms with Gasteiger partial charge in [-0.25, -0.2) is 32.2 Å². The van der Waals surface area contributed by atoms with Gasteiger partial charge in [-0.3, -0.25) is 4.72 Å². The van der Waals surface area contributed by atoms with Gasteiger partial charge in [-0.05, 0) is 43.9 Å². The van der Waals surface area contributed by atoms with Crippen molar-refractivity contribution in [1.29, 1.82) is 0 Å². The number of nitrogens with one attached hydrogen (secondary N) is 3. The number of halogens is 2. The Bertz CT molecular complexity index is 1780. The van der Waals surface area contributed by atoms with Gasteiger partial charge in [-0.15, -0.1) is 0 Å². The first-order valence-corrected chi connectivity index (χ1v) is 16.2. The minimum Gasteiger partial charge on any atom is -0.437 e. The molecule has 12 heteroatoms. The molecular weight excluding hydrogens is 586 g/mol. The topological polar surface area (TPSA) is 118 Å². The smallest absolute Gasteiger partial charge is 0.232 e. The summed E-state index contributed by atoms with van der Waals surface area (Å²) < 4.78 is 65.2. The van der Waals surface area contributed by atoms with Gasteiger partial charge in [0, 0.05) is 54.3 Å². The number of rotatable bonds is 9. The molecule has 4 aromatic rings. The molecule has 0 spiro atoms. The van der Waals surface area contributed by atoms with Crippen LogP contribution in [0.15, 0.2) is 54.9 Å². The Morgan fingerprint density at radius 2 is 1.84 bits per heavy atom. The lowest BCUT2D eigenvalue weighted by Gasteiger charge is -2.33. The van der Waals surface area contributed by atoms with E-state index in [-0.39, 0.29) is 40.1 Å². The fraction of sp³-hybridized carbons (Fsp3) is 0.406. The largest absolute Gasteiger partial charge is 0.437 e. The highest BCUT2D eigenvalue weighted by Crippen LogP contribution is 2.42. The molecule has 0 unspecified atom stereocenters. The highest BCUT2D eigenvalue weighted by molar-refractivity contribution is 7.92. The first kappa shape index (κ1) is 31.5. The number of alkyl halides is 1. The molecule has 0 bridgehead atoms. The summed E-state index contributed by atoms with van der Waals surface area (Å²) in [7, 11) is -3.82. The van der Waals surface area contributed by atoms with Crippen molar-refractivity contribution < 1.29 is 21.9 Å². The monoisotopic (exact) mass is 624 g/mol. The highest BCUT2D eigenvalue weighted by Gasteiger charge is 2.32. The predicted molar refractivity (Wildman–Crippen MR) is 170 cm³/mol. The number of pyridine rings is 1. The van der Waals surface area contributed by atoms with E-state index in [1.54, 1.807) is 61.8 Å². The Morgan fingerprint density at radius 3 is 2.57 bits per heavy atom. The molecule has 1 aliphatic heterocycles. The quantitative estimate of drug-likeness (QED) is 0.190. The van der Waals surface area contributed by atoms with Gasteiger partial charge >= 0.3 is 0 Å². The molecule has 0 radical (unpaired) electrons. The van der Waals surface area contributed by atoms with Gasteiger partial charge in [0.25, 0.3) is 0 Å². The minimum atomic E-state index is -3.82. The molecule has 3 N–H and O–H groups in total. The second kappa shape index (κ2) is 12.2. The van der Waals surface area contributed by atoms with E-state index in [0.29, 0.717) is 53.9 Å². The zero-order valence-corrected chi connectivity index (χ0v) is 26.4. The summed E-state index contributed by atoms with van der Waals surface area (Å²) in [6.45, 7) is 9.83. The highest BCUT2D eigenvalue weighted by atomic mass is 32.2. The zero-order valence-electron chi connectivity index (χ0n) is 25.5. The first-order chi connectivity index (χ1) is 20.7. The third-order valence-electron chi connectivity index (χ3n) is 7.50. The van der Waals surface area contributed by atoms with Crippen molar-refractivity contribution in [3.05, 3.63) is 66.2 Å². The van der Waals surface area contributed by atoms with E-state index in [2.05, 4.69) is 30.3 Å². The van der Waals surface area contributed by atoms with Gasteiger partial charge in [0.1, 0.15) is 11.4 Å². The molecule has 0 aliphatic carbocycles. The maximum Gasteiger partial charge on any atom is 0.232 e. The van der Waals surface area contributed by atoms with Crippen LogP contribution < -0.4 is 20.1 Å². The average molecular weight is 625 g/mol. The maximum absolute atomic E-state index is 16.0. The number of sulfonamides is 1. The first-order valence-electron chi connectivity index (χ1n) is 14.6. The Balaban J connectivity index is 1.48. The standard InChI is InChI=1S/C32H38F2N6O3S/c1-20-26(33)27(40-44(41,42)16-13-31(2,3)4)22-9-6-7-10-23(22)28(20)43-29-24(11-8-14-36-29)25-12-15-37-30(39-25)38-21-17-32(5,34)19-35-18-21/h6-12,14-15,21,35,40H,13,16-19H2,1-5H3,(H,37,38,39)/t21-,32-/m0/s1. The van der Waals surface area contributed by atoms with E-state index in [0.717, 1.165) is 0 Å². The third kappa shape index (κ3) is 7.41. The fourth-order valence-corrected chi connectivity index (χ4v) is 6.67. The molecule has 1 saturated heterocycles. The van der Waals surface area contributed by atoms with Gasteiger partial charge in [-0.1, -0.05) is 45.0 Å². The molecule has 0 saturated carbocycles. The normalized spacial score (nSPS) is 19.1. The minimum absolute atomic E-state index is 0.117. The third-order valence-corrected chi connectivity index (χ3v) is 8.76. The summed E-state index contributed by atoms with van der Waals surface area (Å²) in [5.41, 5.74) is -0.497. The van der Waals surface area contributed by atoms with Gasteiger partial charge < -0.3 is 15.4 Å². The van der Waals surface area contributed by atoms with E-state index in [4.69, 9.17) is 4.74 Å². The van der Waals surface area contributed by atoms with Gasteiger partial charge in [-0.2, -0.15) is 0 Å². The van der Waals surface area contributed by atoms with Crippen LogP contribution >= 0.6 is 0 Å². The van der Waals surface area contributed by atoms with E-state index >= 15 is 4.39 Å². The maximum atomic E-state index is 16.0. The number of anilines is 2. The van der Waals surface area contributed by atoms with E-state index in [1.807, 2.05) is 20.8 Å². The number of fused-ring (bicyclic) bond motifs is 1. The van der Waals surface area contributed by atoms with Crippen molar-refractivity contribution in [3.63, 3.8) is 0 Å². The number of piperidine rings is 1. The SMILES string of the molecule is Cc1c(F)c(NS(=O)(=O)CCC(C)(C)C)c2ccccc2c1Oc1ncccc1-c1ccnc(N[C@@H]2CNC[C@@](C)(F)C2)n1. The molecule has 9 nitrogen and oxygen atoms in total. The van der Waals surface area contributed by atoms with Crippen molar-refractivity contribution in [3.8, 4) is 22.9 Å². The van der Waals surface area contributed by atoms with Crippen LogP contribution in [-0.2, 0) is 10.0 Å². The molecule has 2 aromatic carbocycles. The molecule has 44 heavy (non-hydrogen) atoms. The Morgan fingerprint density at radius 1 is 1.09 bits per heavy atom. The lowest BCUT2D eigenvalue weighted by molar-refractivity contribution is 0.137. The summed E-state index contributed by atoms with van der Waals surface area (Å²) in [6, 6.07) is 11.9. The Labute approximate surface area is 256 Å². The van der Waals surface area contributed by atoms with Crippen molar-refractivity contribution in [2.75, 3.05) is 28.9 Å². The molecule has 2 aromatic heterocycles. The molecule has 0 amide bonds. The second-order valence-electron chi connectivity index (χ2n) is 12.7. The fourth-order valence-electron chi connectivity index (χ4n) is 5.18. The van der Waals surface area contributed by atoms with Crippen LogP contribution in [0.1, 0.15) is 46.1 Å². The summed E-state index contributed by atoms with van der Waals surface area (Å²) in [5.74, 6) is -0.154.